The number of hydrogen-bond donors (Lipinski definition) is 2. The highest BCUT2D eigenvalue weighted by Crippen LogP contribution is 2.19. The summed E-state index contributed by atoms with van der Waals surface area (Å²) in [5.74, 6) is 0.280. The topological polar surface area (TPSA) is 66.9 Å². The van der Waals surface area contributed by atoms with Crippen molar-refractivity contribution >= 4 is 17.2 Å². The molecule has 2 aromatic rings. The Morgan fingerprint density at radius 2 is 2.36 bits per heavy atom. The summed E-state index contributed by atoms with van der Waals surface area (Å²) in [5.41, 5.74) is 1.80. The third-order valence-corrected chi connectivity index (χ3v) is 4.69. The zero-order chi connectivity index (χ0) is 15.2. The Bertz CT molecular complexity index is 608. The average molecular weight is 316 g/mol. The van der Waals surface area contributed by atoms with E-state index < -0.39 is 0 Å². The fourth-order valence-corrected chi connectivity index (χ4v) is 3.36. The smallest absolute Gasteiger partial charge is 0.224 e. The molecule has 22 heavy (non-hydrogen) atoms. The fraction of sp³-hybridized carbons (Fsp3) is 0.438. The van der Waals surface area contributed by atoms with Crippen molar-refractivity contribution in [3.8, 4) is 11.4 Å². The highest BCUT2D eigenvalue weighted by atomic mass is 32.1. The molecule has 5 nitrogen and oxygen atoms in total. The van der Waals surface area contributed by atoms with Crippen LogP contribution in [0, 0.1) is 5.92 Å². The van der Waals surface area contributed by atoms with E-state index in [0.29, 0.717) is 6.54 Å². The number of nitrogens with one attached hydrogen (secondary N) is 2. The zero-order valence-electron chi connectivity index (χ0n) is 12.4. The van der Waals surface area contributed by atoms with Crippen molar-refractivity contribution in [2.45, 2.75) is 19.3 Å². The minimum Gasteiger partial charge on any atom is -0.355 e. The minimum atomic E-state index is 0.120. The Morgan fingerprint density at radius 3 is 3.14 bits per heavy atom. The molecule has 6 heteroatoms. The van der Waals surface area contributed by atoms with Crippen molar-refractivity contribution in [1.82, 2.24) is 20.6 Å². The van der Waals surface area contributed by atoms with Gasteiger partial charge in [-0.1, -0.05) is 6.07 Å². The summed E-state index contributed by atoms with van der Waals surface area (Å²) in [6.45, 7) is 2.47. The number of piperidine rings is 1. The highest BCUT2D eigenvalue weighted by Gasteiger charge is 2.20. The van der Waals surface area contributed by atoms with Crippen LogP contribution in [0.25, 0.3) is 11.4 Å². The second kappa shape index (κ2) is 7.47. The van der Waals surface area contributed by atoms with Crippen LogP contribution < -0.4 is 10.6 Å². The van der Waals surface area contributed by atoms with Crippen LogP contribution in [-0.4, -0.2) is 35.5 Å². The van der Waals surface area contributed by atoms with Crippen molar-refractivity contribution in [3.63, 3.8) is 0 Å². The summed E-state index contributed by atoms with van der Waals surface area (Å²) in [7, 11) is 0. The molecule has 0 aromatic carbocycles. The Morgan fingerprint density at radius 1 is 1.41 bits per heavy atom. The van der Waals surface area contributed by atoms with Crippen LogP contribution in [0.15, 0.2) is 29.8 Å². The molecule has 1 atom stereocenters. The van der Waals surface area contributed by atoms with Gasteiger partial charge in [0.15, 0.2) is 0 Å². The van der Waals surface area contributed by atoms with E-state index in [1.807, 2.05) is 23.6 Å². The first-order valence-corrected chi connectivity index (χ1v) is 8.55. The summed E-state index contributed by atoms with van der Waals surface area (Å²) in [5, 5.41) is 9.34. The second-order valence-electron chi connectivity index (χ2n) is 5.43. The molecule has 3 heterocycles. The normalized spacial score (nSPS) is 18.1. The van der Waals surface area contributed by atoms with E-state index in [0.717, 1.165) is 48.7 Å². The summed E-state index contributed by atoms with van der Waals surface area (Å²) >= 11 is 1.62. The number of rotatable bonds is 5. The van der Waals surface area contributed by atoms with Crippen LogP contribution >= 0.6 is 11.3 Å². The molecule has 0 aliphatic carbocycles. The van der Waals surface area contributed by atoms with Crippen LogP contribution in [0.4, 0.5) is 0 Å². The van der Waals surface area contributed by atoms with Crippen LogP contribution in [0.5, 0.6) is 0 Å². The van der Waals surface area contributed by atoms with E-state index in [1.165, 1.54) is 0 Å². The number of nitrogens with zero attached hydrogens (tertiary/aromatic N) is 2. The lowest BCUT2D eigenvalue weighted by Gasteiger charge is -2.21. The van der Waals surface area contributed by atoms with Gasteiger partial charge in [-0.2, -0.15) is 0 Å². The molecule has 0 spiro atoms. The van der Waals surface area contributed by atoms with Gasteiger partial charge in [0.1, 0.15) is 0 Å². The lowest BCUT2D eigenvalue weighted by molar-refractivity contribution is -0.125. The number of carbonyl (C=O) groups excluding carboxylic acids is 1. The molecular weight excluding hydrogens is 296 g/mol. The van der Waals surface area contributed by atoms with E-state index in [9.17, 15) is 4.79 Å². The molecule has 1 amide bonds. The van der Waals surface area contributed by atoms with Gasteiger partial charge in [0.25, 0.3) is 0 Å². The lowest BCUT2D eigenvalue weighted by Crippen LogP contribution is -2.41. The summed E-state index contributed by atoms with van der Waals surface area (Å²) in [6.07, 6.45) is 4.61. The molecule has 0 radical (unpaired) electrons. The Kier molecular flexibility index (Phi) is 5.13. The van der Waals surface area contributed by atoms with E-state index in [1.54, 1.807) is 17.5 Å². The zero-order valence-corrected chi connectivity index (χ0v) is 13.2. The molecule has 0 bridgehead atoms. The summed E-state index contributed by atoms with van der Waals surface area (Å²) in [6, 6.07) is 5.81. The lowest BCUT2D eigenvalue weighted by atomic mass is 9.99. The van der Waals surface area contributed by atoms with Crippen molar-refractivity contribution in [1.29, 1.82) is 0 Å². The van der Waals surface area contributed by atoms with Crippen LogP contribution in [0.1, 0.15) is 17.8 Å². The third kappa shape index (κ3) is 3.90. The Balaban J connectivity index is 1.48. The van der Waals surface area contributed by atoms with Gasteiger partial charge in [-0.05, 0) is 31.5 Å². The number of thiazole rings is 1. The van der Waals surface area contributed by atoms with E-state index in [2.05, 4.69) is 20.6 Å². The van der Waals surface area contributed by atoms with Gasteiger partial charge in [0, 0.05) is 31.1 Å². The number of pyridine rings is 1. The van der Waals surface area contributed by atoms with Gasteiger partial charge in [-0.25, -0.2) is 4.98 Å². The maximum atomic E-state index is 12.0. The molecule has 1 fully saturated rings. The minimum absolute atomic E-state index is 0.120. The van der Waals surface area contributed by atoms with Crippen LogP contribution in [0.2, 0.25) is 0 Å². The molecule has 3 rings (SSSR count). The molecule has 1 saturated heterocycles. The maximum absolute atomic E-state index is 12.0. The molecule has 2 N–H and O–H groups in total. The predicted molar refractivity (Wildman–Crippen MR) is 87.7 cm³/mol. The molecule has 0 saturated carbocycles. The fourth-order valence-electron chi connectivity index (χ4n) is 2.57. The number of aromatic nitrogens is 2. The van der Waals surface area contributed by atoms with Gasteiger partial charge in [-0.15, -0.1) is 11.3 Å². The van der Waals surface area contributed by atoms with Crippen molar-refractivity contribution in [3.05, 3.63) is 34.8 Å². The number of carbonyl (C=O) groups is 1. The van der Waals surface area contributed by atoms with Gasteiger partial charge < -0.3 is 10.6 Å². The predicted octanol–water partition coefficient (Wildman–Crippen LogP) is 1.86. The van der Waals surface area contributed by atoms with Crippen molar-refractivity contribution in [2.75, 3.05) is 19.6 Å². The number of amides is 1. The molecule has 116 valence electrons. The first-order valence-electron chi connectivity index (χ1n) is 7.67. The van der Waals surface area contributed by atoms with Gasteiger partial charge in [0.2, 0.25) is 5.91 Å². The Hall–Kier alpha value is -1.79. The first kappa shape index (κ1) is 15.1. The highest BCUT2D eigenvalue weighted by molar-refractivity contribution is 7.09. The SMILES string of the molecule is O=C(NCCc1nc(-c2ccccn2)cs1)C1CCCNC1. The third-order valence-electron chi connectivity index (χ3n) is 3.78. The van der Waals surface area contributed by atoms with Crippen LogP contribution in [0.3, 0.4) is 0 Å². The molecule has 1 aliphatic rings. The van der Waals surface area contributed by atoms with Gasteiger partial charge in [-0.3, -0.25) is 9.78 Å². The molecule has 1 aliphatic heterocycles. The average Bonchev–Trinajstić information content (AvgIpc) is 3.05. The van der Waals surface area contributed by atoms with E-state index in [4.69, 9.17) is 0 Å². The number of hydrogen-bond acceptors (Lipinski definition) is 5. The Labute approximate surface area is 134 Å². The van der Waals surface area contributed by atoms with E-state index >= 15 is 0 Å². The maximum Gasteiger partial charge on any atom is 0.224 e. The molecule has 2 aromatic heterocycles. The first-order chi connectivity index (χ1) is 10.8. The molecular formula is C16H20N4OS. The van der Waals surface area contributed by atoms with Gasteiger partial charge >= 0.3 is 0 Å². The summed E-state index contributed by atoms with van der Waals surface area (Å²) in [4.78, 5) is 20.9. The van der Waals surface area contributed by atoms with Gasteiger partial charge in [0.05, 0.1) is 22.3 Å². The largest absolute Gasteiger partial charge is 0.355 e. The van der Waals surface area contributed by atoms with Crippen LogP contribution in [-0.2, 0) is 11.2 Å². The quantitative estimate of drug-likeness (QED) is 0.883. The monoisotopic (exact) mass is 316 g/mol. The van der Waals surface area contributed by atoms with Crippen molar-refractivity contribution in [2.24, 2.45) is 5.92 Å². The van der Waals surface area contributed by atoms with Crippen molar-refractivity contribution < 1.29 is 4.79 Å². The standard InChI is InChI=1S/C16H20N4OS/c21-16(12-4-3-7-17-10-12)19-9-6-15-20-14(11-22-15)13-5-1-2-8-18-13/h1-2,5,8,11-12,17H,3-4,6-7,9-10H2,(H,19,21). The summed E-state index contributed by atoms with van der Waals surface area (Å²) < 4.78 is 0. The van der Waals surface area contributed by atoms with E-state index in [-0.39, 0.29) is 11.8 Å². The second-order valence-corrected chi connectivity index (χ2v) is 6.37. The molecule has 1 unspecified atom stereocenters.